The molecule has 0 atom stereocenters. The molecule has 2 aromatic rings. The van der Waals surface area contributed by atoms with Gasteiger partial charge in [-0.15, -0.1) is 0 Å². The van der Waals surface area contributed by atoms with Crippen molar-refractivity contribution < 1.29 is 13.2 Å². The van der Waals surface area contributed by atoms with E-state index in [-0.39, 0.29) is 5.25 Å². The van der Waals surface area contributed by atoms with Gasteiger partial charge in [-0.3, -0.25) is 0 Å². The van der Waals surface area contributed by atoms with Crippen LogP contribution in [0.4, 0.5) is 0 Å². The minimum Gasteiger partial charge on any atom is -0.457 e. The molecular weight excluding hydrogens is 368 g/mol. The summed E-state index contributed by atoms with van der Waals surface area (Å²) in [5, 5.41) is -0.251. The minimum absolute atomic E-state index is 0.251. The molecule has 0 aliphatic heterocycles. The van der Waals surface area contributed by atoms with Crippen LogP contribution in [0.15, 0.2) is 54.6 Å². The molecule has 0 aromatic heterocycles. The standard InChI is InChI=1S/C24H32O3S/c1-19(2)28(25,26)18-22-12-10-20(11-13-22)8-9-21-14-16-24(17-15-21)27-23-6-4-3-5-7-23/h3-7,14-17,19-20,22H,8-13,18H2,1-2H3. The first-order valence-electron chi connectivity index (χ1n) is 10.5. The molecule has 1 aliphatic carbocycles. The third-order valence-electron chi connectivity index (χ3n) is 5.90. The Labute approximate surface area is 170 Å². The highest BCUT2D eigenvalue weighted by Gasteiger charge is 2.27. The van der Waals surface area contributed by atoms with E-state index in [4.69, 9.17) is 4.74 Å². The van der Waals surface area contributed by atoms with E-state index < -0.39 is 9.84 Å². The van der Waals surface area contributed by atoms with Gasteiger partial charge in [0.15, 0.2) is 9.84 Å². The van der Waals surface area contributed by atoms with Crippen molar-refractivity contribution in [2.24, 2.45) is 11.8 Å². The normalized spacial score (nSPS) is 20.2. The summed E-state index contributed by atoms with van der Waals surface area (Å²) in [4.78, 5) is 0. The summed E-state index contributed by atoms with van der Waals surface area (Å²) in [5.74, 6) is 3.17. The fourth-order valence-corrected chi connectivity index (χ4v) is 5.30. The van der Waals surface area contributed by atoms with Crippen LogP contribution >= 0.6 is 0 Å². The summed E-state index contributed by atoms with van der Waals surface area (Å²) in [7, 11) is -2.91. The van der Waals surface area contributed by atoms with Gasteiger partial charge in [0.05, 0.1) is 11.0 Å². The maximum atomic E-state index is 12.1. The van der Waals surface area contributed by atoms with E-state index in [1.165, 1.54) is 12.0 Å². The molecule has 0 heterocycles. The van der Waals surface area contributed by atoms with Crippen LogP contribution in [0, 0.1) is 11.8 Å². The maximum absolute atomic E-state index is 12.1. The summed E-state index contributed by atoms with van der Waals surface area (Å²) >= 11 is 0. The van der Waals surface area contributed by atoms with Crippen molar-refractivity contribution in [3.05, 3.63) is 60.2 Å². The predicted molar refractivity (Wildman–Crippen MR) is 116 cm³/mol. The van der Waals surface area contributed by atoms with Gasteiger partial charge in [0.2, 0.25) is 0 Å². The first-order valence-corrected chi connectivity index (χ1v) is 12.2. The molecule has 3 nitrogen and oxygen atoms in total. The molecule has 2 aromatic carbocycles. The summed E-state index contributed by atoms with van der Waals surface area (Å²) < 4.78 is 30.1. The van der Waals surface area contributed by atoms with E-state index in [1.54, 1.807) is 13.8 Å². The van der Waals surface area contributed by atoms with Gasteiger partial charge in [0.1, 0.15) is 11.5 Å². The van der Waals surface area contributed by atoms with Gasteiger partial charge < -0.3 is 4.74 Å². The molecule has 1 saturated carbocycles. The number of sulfone groups is 1. The SMILES string of the molecule is CC(C)S(=O)(=O)CC1CCC(CCc2ccc(Oc3ccccc3)cc2)CC1. The fraction of sp³-hybridized carbons (Fsp3) is 0.500. The van der Waals surface area contributed by atoms with Crippen LogP contribution < -0.4 is 4.74 Å². The highest BCUT2D eigenvalue weighted by atomic mass is 32.2. The van der Waals surface area contributed by atoms with Crippen LogP contribution in [0.2, 0.25) is 0 Å². The number of benzene rings is 2. The Kier molecular flexibility index (Phi) is 7.17. The van der Waals surface area contributed by atoms with Crippen molar-refractivity contribution in [1.29, 1.82) is 0 Å². The van der Waals surface area contributed by atoms with E-state index in [1.807, 2.05) is 42.5 Å². The average Bonchev–Trinajstić information content (AvgIpc) is 2.69. The van der Waals surface area contributed by atoms with Gasteiger partial charge in [-0.05, 0) is 81.2 Å². The molecule has 0 amide bonds. The van der Waals surface area contributed by atoms with Crippen molar-refractivity contribution in [2.45, 2.75) is 57.6 Å². The van der Waals surface area contributed by atoms with E-state index in [2.05, 4.69) is 12.1 Å². The summed E-state index contributed by atoms with van der Waals surface area (Å²) in [5.41, 5.74) is 1.34. The lowest BCUT2D eigenvalue weighted by Crippen LogP contribution is -2.26. The predicted octanol–water partition coefficient (Wildman–Crippen LogP) is 6.04. The van der Waals surface area contributed by atoms with Gasteiger partial charge in [-0.2, -0.15) is 0 Å². The van der Waals surface area contributed by atoms with Crippen LogP contribution in [0.5, 0.6) is 11.5 Å². The molecule has 1 fully saturated rings. The molecule has 28 heavy (non-hydrogen) atoms. The van der Waals surface area contributed by atoms with Crippen LogP contribution in [0.1, 0.15) is 51.5 Å². The van der Waals surface area contributed by atoms with Crippen molar-refractivity contribution in [3.8, 4) is 11.5 Å². The van der Waals surface area contributed by atoms with Gasteiger partial charge in [-0.25, -0.2) is 8.42 Å². The molecular formula is C24H32O3S. The molecule has 0 unspecified atom stereocenters. The van der Waals surface area contributed by atoms with Gasteiger partial charge in [-0.1, -0.05) is 43.2 Å². The van der Waals surface area contributed by atoms with Gasteiger partial charge in [0.25, 0.3) is 0 Å². The Morgan fingerprint density at radius 3 is 2.04 bits per heavy atom. The van der Waals surface area contributed by atoms with Gasteiger partial charge >= 0.3 is 0 Å². The smallest absolute Gasteiger partial charge is 0.152 e. The largest absolute Gasteiger partial charge is 0.457 e. The van der Waals surface area contributed by atoms with Crippen molar-refractivity contribution >= 4 is 9.84 Å². The first-order chi connectivity index (χ1) is 13.4. The number of aryl methyl sites for hydroxylation is 1. The Hall–Kier alpha value is -1.81. The zero-order chi connectivity index (χ0) is 20.0. The molecule has 0 N–H and O–H groups in total. The van der Waals surface area contributed by atoms with Crippen molar-refractivity contribution in [1.82, 2.24) is 0 Å². The molecule has 0 bridgehead atoms. The lowest BCUT2D eigenvalue weighted by molar-refractivity contribution is 0.278. The quantitative estimate of drug-likeness (QED) is 0.542. The zero-order valence-electron chi connectivity index (χ0n) is 17.0. The fourth-order valence-electron chi connectivity index (χ4n) is 3.93. The van der Waals surface area contributed by atoms with Crippen LogP contribution in [-0.2, 0) is 16.3 Å². The molecule has 3 rings (SSSR count). The molecule has 4 heteroatoms. The number of hydrogen-bond donors (Lipinski definition) is 0. The number of para-hydroxylation sites is 1. The van der Waals surface area contributed by atoms with Crippen LogP contribution in [0.3, 0.4) is 0 Å². The van der Waals surface area contributed by atoms with Gasteiger partial charge in [0, 0.05) is 0 Å². The Balaban J connectivity index is 1.42. The maximum Gasteiger partial charge on any atom is 0.152 e. The lowest BCUT2D eigenvalue weighted by Gasteiger charge is -2.28. The molecule has 1 aliphatic rings. The second kappa shape index (κ2) is 9.60. The number of hydrogen-bond acceptors (Lipinski definition) is 3. The summed E-state index contributed by atoms with van der Waals surface area (Å²) in [6.45, 7) is 3.58. The highest BCUT2D eigenvalue weighted by Crippen LogP contribution is 2.33. The monoisotopic (exact) mass is 400 g/mol. The Bertz CT molecular complexity index is 818. The minimum atomic E-state index is -2.91. The van der Waals surface area contributed by atoms with Crippen LogP contribution in [-0.4, -0.2) is 19.4 Å². The van der Waals surface area contributed by atoms with E-state index in [9.17, 15) is 8.42 Å². The summed E-state index contributed by atoms with van der Waals surface area (Å²) in [6, 6.07) is 18.2. The molecule has 0 spiro atoms. The lowest BCUT2D eigenvalue weighted by atomic mass is 9.80. The molecule has 0 saturated heterocycles. The second-order valence-corrected chi connectivity index (χ2v) is 11.0. The average molecular weight is 401 g/mol. The zero-order valence-corrected chi connectivity index (χ0v) is 17.8. The third-order valence-corrected chi connectivity index (χ3v) is 8.27. The van der Waals surface area contributed by atoms with Crippen molar-refractivity contribution in [3.63, 3.8) is 0 Å². The van der Waals surface area contributed by atoms with Crippen molar-refractivity contribution in [2.75, 3.05) is 5.75 Å². The number of rotatable bonds is 8. The van der Waals surface area contributed by atoms with E-state index in [0.717, 1.165) is 49.5 Å². The van der Waals surface area contributed by atoms with E-state index >= 15 is 0 Å². The van der Waals surface area contributed by atoms with Crippen LogP contribution in [0.25, 0.3) is 0 Å². The Morgan fingerprint density at radius 2 is 1.43 bits per heavy atom. The topological polar surface area (TPSA) is 43.4 Å². The Morgan fingerprint density at radius 1 is 0.857 bits per heavy atom. The third kappa shape index (κ3) is 6.10. The first kappa shape index (κ1) is 20.9. The highest BCUT2D eigenvalue weighted by molar-refractivity contribution is 7.91. The second-order valence-electron chi connectivity index (χ2n) is 8.36. The number of ether oxygens (including phenoxy) is 1. The summed E-state index contributed by atoms with van der Waals surface area (Å²) in [6.07, 6.45) is 6.69. The molecule has 152 valence electrons. The van der Waals surface area contributed by atoms with E-state index in [0.29, 0.717) is 11.7 Å². The molecule has 0 radical (unpaired) electrons.